The lowest BCUT2D eigenvalue weighted by atomic mass is 9.84. The van der Waals surface area contributed by atoms with Gasteiger partial charge < -0.3 is 10.2 Å². The third kappa shape index (κ3) is 10.9. The van der Waals surface area contributed by atoms with Crippen LogP contribution in [-0.4, -0.2) is 9.97 Å². The van der Waals surface area contributed by atoms with Crippen molar-refractivity contribution in [3.05, 3.63) is 394 Å². The Bertz CT molecular complexity index is 6820. The minimum atomic E-state index is -0.0131. The molecule has 1 aliphatic heterocycles. The van der Waals surface area contributed by atoms with E-state index < -0.39 is 0 Å². The molecule has 0 bridgehead atoms. The summed E-state index contributed by atoms with van der Waals surface area (Å²) >= 11 is 0. The van der Waals surface area contributed by atoms with E-state index in [2.05, 4.69) is 373 Å². The van der Waals surface area contributed by atoms with E-state index in [1.165, 1.54) is 159 Å². The van der Waals surface area contributed by atoms with Crippen LogP contribution in [0.15, 0.2) is 389 Å². The molecule has 4 heteroatoms. The lowest BCUT2D eigenvalue weighted by Gasteiger charge is -2.27. The Morgan fingerprint density at radius 3 is 1.08 bits per heavy atom. The van der Waals surface area contributed by atoms with Crippen LogP contribution < -0.4 is 10.2 Å². The molecule has 21 rings (SSSR count). The Morgan fingerprint density at radius 2 is 0.590 bits per heavy atom. The van der Waals surface area contributed by atoms with Crippen LogP contribution in [-0.2, 0) is 0 Å². The highest BCUT2D eigenvalue weighted by atomic mass is 15.3. The van der Waals surface area contributed by atoms with Crippen molar-refractivity contribution >= 4 is 114 Å². The number of anilines is 3. The molecule has 1 unspecified atom stereocenters. The maximum absolute atomic E-state index is 4.93. The zero-order valence-corrected chi connectivity index (χ0v) is 57.4. The Morgan fingerprint density at radius 1 is 0.229 bits per heavy atom. The van der Waals surface area contributed by atoms with E-state index in [1.54, 1.807) is 0 Å². The fourth-order valence-electron chi connectivity index (χ4n) is 16.4. The largest absolute Gasteiger partial charge is 0.359 e. The van der Waals surface area contributed by atoms with Crippen molar-refractivity contribution in [3.63, 3.8) is 0 Å². The quantitative estimate of drug-likeness (QED) is 0.146. The number of hydrogen-bond donors (Lipinski definition) is 1. The molecule has 18 aromatic carbocycles. The van der Waals surface area contributed by atoms with Crippen LogP contribution in [0.1, 0.15) is 11.7 Å². The molecule has 1 aliphatic rings. The van der Waals surface area contributed by atoms with Crippen LogP contribution in [0.2, 0.25) is 0 Å². The number of pyridine rings is 2. The normalized spacial score (nSPS) is 12.7. The highest BCUT2D eigenvalue weighted by molar-refractivity contribution is 6.24. The monoisotopic (exact) mass is 1330 g/mol. The van der Waals surface area contributed by atoms with Crippen LogP contribution in [0.4, 0.5) is 17.1 Å². The van der Waals surface area contributed by atoms with Crippen LogP contribution >= 0.6 is 0 Å². The van der Waals surface area contributed by atoms with E-state index in [9.17, 15) is 0 Å². The molecule has 0 aliphatic carbocycles. The summed E-state index contributed by atoms with van der Waals surface area (Å²) in [4.78, 5) is 12.0. The number of para-hydroxylation sites is 4. The fraction of sp³-hybridized carbons (Fsp3) is 0.00990. The zero-order chi connectivity index (χ0) is 69.3. The van der Waals surface area contributed by atoms with Gasteiger partial charge in [0.1, 0.15) is 6.17 Å². The highest BCUT2D eigenvalue weighted by Crippen LogP contribution is 2.50. The summed E-state index contributed by atoms with van der Waals surface area (Å²) in [6.07, 6.45) is 3.89. The molecule has 1 atom stereocenters. The maximum Gasteiger partial charge on any atom is 0.130 e. The molecule has 0 amide bonds. The molecule has 4 nitrogen and oxygen atoms in total. The highest BCUT2D eigenvalue weighted by Gasteiger charge is 2.31. The van der Waals surface area contributed by atoms with Gasteiger partial charge in [0, 0.05) is 34.6 Å². The van der Waals surface area contributed by atoms with Crippen molar-refractivity contribution in [2.45, 2.75) is 6.17 Å². The van der Waals surface area contributed by atoms with Crippen molar-refractivity contribution in [1.82, 2.24) is 9.97 Å². The lowest BCUT2D eigenvalue weighted by Crippen LogP contribution is -2.23. The number of fused-ring (bicyclic) bond motifs is 10. The summed E-state index contributed by atoms with van der Waals surface area (Å²) in [5.74, 6) is 0. The van der Waals surface area contributed by atoms with Gasteiger partial charge in [-0.1, -0.05) is 297 Å². The van der Waals surface area contributed by atoms with Gasteiger partial charge in [-0.05, 0) is 232 Å². The molecule has 0 radical (unpaired) electrons. The average Bonchev–Trinajstić information content (AvgIpc) is 1.40. The van der Waals surface area contributed by atoms with Gasteiger partial charge in [0.05, 0.1) is 22.6 Å². The molecular formula is C101H66N4. The Balaban J connectivity index is 0.000000140. The van der Waals surface area contributed by atoms with E-state index in [1.807, 2.05) is 30.6 Å². The van der Waals surface area contributed by atoms with Crippen LogP contribution in [0.3, 0.4) is 0 Å². The Hall–Kier alpha value is -13.8. The second-order valence-electron chi connectivity index (χ2n) is 27.6. The summed E-state index contributed by atoms with van der Waals surface area (Å²) in [5.41, 5.74) is 22.2. The number of rotatable bonds is 9. The molecule has 0 spiro atoms. The minimum absolute atomic E-state index is 0.0131. The minimum Gasteiger partial charge on any atom is -0.359 e. The number of aromatic nitrogens is 2. The van der Waals surface area contributed by atoms with Gasteiger partial charge in [0.15, 0.2) is 0 Å². The van der Waals surface area contributed by atoms with Gasteiger partial charge in [-0.15, -0.1) is 0 Å². The summed E-state index contributed by atoms with van der Waals surface area (Å²) in [5, 5.41) is 24.8. The number of nitrogens with zero attached hydrogens (tertiary/aromatic N) is 3. The van der Waals surface area contributed by atoms with E-state index in [-0.39, 0.29) is 6.17 Å². The maximum atomic E-state index is 4.93. The number of nitrogens with one attached hydrogen (secondary N) is 1. The molecule has 1 N–H and O–H groups in total. The van der Waals surface area contributed by atoms with Crippen molar-refractivity contribution in [3.8, 4) is 78.0 Å². The van der Waals surface area contributed by atoms with E-state index >= 15 is 0 Å². The smallest absolute Gasteiger partial charge is 0.130 e. The molecule has 3 heterocycles. The summed E-state index contributed by atoms with van der Waals surface area (Å²) in [6, 6.07) is 137. The average molecular weight is 1340 g/mol. The standard InChI is InChI=1S/C53H36N2.C48H30N2/c1-2-16-44(17-3-1)55-50-21-11-10-20-49(50)54-53(55)38-26-22-37(23-27-38)41-30-31-47-48(34-41)52(43-29-25-36-13-5-7-15-40(36)33-43)46-19-9-8-18-45(46)51(47)42-28-24-35-12-4-6-14-39(35)32-42;1-3-11-33-25-37(19-17-31(33)9-1)47-41-14-6-7-15-42(41)48(38-20-18-32-10-2-4-12-34(32)26-38)44-28-35(21-23-43(44)47)39-22-24-46(49-29-39)40-27-36-13-5-8-16-45(36)50-30-40/h1-34,53-54H;1-30H. The Kier molecular flexibility index (Phi) is 14.9. The fourth-order valence-corrected chi connectivity index (χ4v) is 16.4. The predicted octanol–water partition coefficient (Wildman–Crippen LogP) is 27.5. The van der Waals surface area contributed by atoms with Gasteiger partial charge in [-0.2, -0.15) is 0 Å². The molecule has 105 heavy (non-hydrogen) atoms. The van der Waals surface area contributed by atoms with Gasteiger partial charge >= 0.3 is 0 Å². The summed E-state index contributed by atoms with van der Waals surface area (Å²) in [6.45, 7) is 0. The molecule has 20 aromatic rings. The van der Waals surface area contributed by atoms with Crippen molar-refractivity contribution in [2.75, 3.05) is 10.2 Å². The van der Waals surface area contributed by atoms with E-state index in [0.717, 1.165) is 39.0 Å². The molecule has 0 fully saturated rings. The van der Waals surface area contributed by atoms with Crippen LogP contribution in [0.5, 0.6) is 0 Å². The first kappa shape index (κ1) is 61.1. The first-order chi connectivity index (χ1) is 52.0. The molecule has 0 saturated carbocycles. The molecule has 490 valence electrons. The molecule has 2 aromatic heterocycles. The second kappa shape index (κ2) is 25.7. The van der Waals surface area contributed by atoms with Crippen LogP contribution in [0, 0.1) is 0 Å². The van der Waals surface area contributed by atoms with Gasteiger partial charge in [-0.25, -0.2) is 0 Å². The third-order valence-corrected chi connectivity index (χ3v) is 21.5. The summed E-state index contributed by atoms with van der Waals surface area (Å²) < 4.78 is 0. The lowest BCUT2D eigenvalue weighted by molar-refractivity contribution is 0.828. The molecular weight excluding hydrogens is 1270 g/mol. The van der Waals surface area contributed by atoms with Crippen molar-refractivity contribution in [1.29, 1.82) is 0 Å². The van der Waals surface area contributed by atoms with Gasteiger partial charge in [0.25, 0.3) is 0 Å². The number of hydrogen-bond acceptors (Lipinski definition) is 4. The molecule has 0 saturated heterocycles. The van der Waals surface area contributed by atoms with Gasteiger partial charge in [0.2, 0.25) is 0 Å². The third-order valence-electron chi connectivity index (χ3n) is 21.5. The van der Waals surface area contributed by atoms with E-state index in [4.69, 9.17) is 4.98 Å². The second-order valence-corrected chi connectivity index (χ2v) is 27.6. The number of benzene rings is 18. The first-order valence-corrected chi connectivity index (χ1v) is 36.1. The zero-order valence-electron chi connectivity index (χ0n) is 57.4. The van der Waals surface area contributed by atoms with Gasteiger partial charge in [-0.3, -0.25) is 9.97 Å². The predicted molar refractivity (Wildman–Crippen MR) is 445 cm³/mol. The Labute approximate surface area is 608 Å². The SMILES string of the molecule is c1ccc(N2c3ccccc3NC2c2ccc(-c3ccc4c(-c5ccc6ccccc6c5)c5ccccc5c(-c5ccc6ccccc6c5)c4c3)cc2)cc1.c1ccc2cc(-c3c4ccccc4c(-c4ccc5ccccc5c4)c4cc(-c5ccc(-c6cnc7ccccc7c6)nc5)ccc34)ccc2c1. The van der Waals surface area contributed by atoms with Crippen LogP contribution in [0.25, 0.3) is 175 Å². The van der Waals surface area contributed by atoms with Crippen molar-refractivity contribution in [2.24, 2.45) is 0 Å². The first-order valence-electron chi connectivity index (χ1n) is 36.1. The van der Waals surface area contributed by atoms with Crippen molar-refractivity contribution < 1.29 is 0 Å². The van der Waals surface area contributed by atoms with E-state index in [0.29, 0.717) is 0 Å². The summed E-state index contributed by atoms with van der Waals surface area (Å²) in [7, 11) is 0. The topological polar surface area (TPSA) is 41.0 Å².